The quantitative estimate of drug-likeness (QED) is 0.125. The van der Waals surface area contributed by atoms with E-state index in [0.717, 1.165) is 25.7 Å². The van der Waals surface area contributed by atoms with Crippen molar-refractivity contribution in [2.45, 2.75) is 133 Å². The SMILES string of the molecule is C=C.C=CC/C(=C/C)CCC=C(C)C.C=CC/C(=C/C)CCCC=C(C)C.C=CC/C(=C\C)CCCC=C(C)C. The Hall–Kier alpha value is -2.60. The summed E-state index contributed by atoms with van der Waals surface area (Å²) in [6, 6.07) is 0. The molecule has 0 saturated carbocycles. The van der Waals surface area contributed by atoms with Crippen molar-refractivity contribution in [2.24, 2.45) is 0 Å². The zero-order valence-corrected chi connectivity index (χ0v) is 28.5. The Kier molecular flexibility index (Phi) is 40.4. The second-order valence-corrected chi connectivity index (χ2v) is 10.5. The van der Waals surface area contributed by atoms with Crippen LogP contribution in [0.1, 0.15) is 133 Å². The van der Waals surface area contributed by atoms with Gasteiger partial charge in [0, 0.05) is 0 Å². The Morgan fingerprint density at radius 3 is 0.975 bits per heavy atom. The molecule has 0 N–H and O–H groups in total. The van der Waals surface area contributed by atoms with Crippen molar-refractivity contribution in [3.8, 4) is 0 Å². The molecule has 0 aromatic heterocycles. The molecule has 228 valence electrons. The number of rotatable bonds is 17. The summed E-state index contributed by atoms with van der Waals surface area (Å²) in [6.07, 6.45) is 32.3. The molecule has 0 aliphatic heterocycles. The van der Waals surface area contributed by atoms with Crippen LogP contribution in [0.25, 0.3) is 0 Å². The first kappa shape index (κ1) is 44.4. The standard InChI is InChI=1S/2C13H22.C12H20.C2H4/c2*1-5-9-13(6-2)11-8-7-10-12(3)4;1-5-8-12(6-2)10-7-9-11(3)4;1-2/h2*5-6,10H,1,7-9,11H2,2-4H3;5-6,9H,1,7-8,10H2,2-4H3;1-2H2/b13-6+;13-6-;12-6-;. The first-order chi connectivity index (χ1) is 19.1. The Morgan fingerprint density at radius 1 is 0.450 bits per heavy atom. The van der Waals surface area contributed by atoms with E-state index in [9.17, 15) is 0 Å². The molecule has 0 fully saturated rings. The lowest BCUT2D eigenvalue weighted by Gasteiger charge is -2.02. The molecule has 0 rings (SSSR count). The molecule has 0 aliphatic carbocycles. The summed E-state index contributed by atoms with van der Waals surface area (Å²) < 4.78 is 0. The molecule has 0 atom stereocenters. The maximum Gasteiger partial charge on any atom is -0.0142 e. The van der Waals surface area contributed by atoms with Crippen molar-refractivity contribution in [3.63, 3.8) is 0 Å². The first-order valence-corrected chi connectivity index (χ1v) is 15.3. The summed E-state index contributed by atoms with van der Waals surface area (Å²) >= 11 is 0. The second-order valence-electron chi connectivity index (χ2n) is 10.5. The fourth-order valence-electron chi connectivity index (χ4n) is 3.63. The van der Waals surface area contributed by atoms with Gasteiger partial charge >= 0.3 is 0 Å². The highest BCUT2D eigenvalue weighted by atomic mass is 14.0. The zero-order valence-electron chi connectivity index (χ0n) is 28.5. The molecule has 0 heteroatoms. The highest BCUT2D eigenvalue weighted by molar-refractivity contribution is 5.08. The molecule has 0 nitrogen and oxygen atoms in total. The smallest absolute Gasteiger partial charge is 0.0142 e. The normalized spacial score (nSPS) is 10.7. The minimum atomic E-state index is 1.03. The molecule has 0 aromatic rings. The summed E-state index contributed by atoms with van der Waals surface area (Å²) in [4.78, 5) is 0. The van der Waals surface area contributed by atoms with Gasteiger partial charge in [0.25, 0.3) is 0 Å². The summed E-state index contributed by atoms with van der Waals surface area (Å²) in [5.41, 5.74) is 8.76. The Labute approximate surface area is 253 Å². The maximum absolute atomic E-state index is 3.75. The number of hydrogen-bond acceptors (Lipinski definition) is 0. The molecule has 0 bridgehead atoms. The minimum Gasteiger partial charge on any atom is -0.106 e. The van der Waals surface area contributed by atoms with Gasteiger partial charge in [-0.25, -0.2) is 0 Å². The lowest BCUT2D eigenvalue weighted by Crippen LogP contribution is -1.82. The Balaban J connectivity index is -0.000000235. The van der Waals surface area contributed by atoms with Crippen molar-refractivity contribution < 1.29 is 0 Å². The van der Waals surface area contributed by atoms with Crippen LogP contribution in [0.2, 0.25) is 0 Å². The third-order valence-electron chi connectivity index (χ3n) is 5.97. The monoisotopic (exact) mass is 549 g/mol. The van der Waals surface area contributed by atoms with Gasteiger partial charge in [-0.3, -0.25) is 0 Å². The van der Waals surface area contributed by atoms with E-state index in [1.54, 1.807) is 0 Å². The summed E-state index contributed by atoms with van der Waals surface area (Å²) in [7, 11) is 0. The van der Waals surface area contributed by atoms with Gasteiger partial charge in [-0.15, -0.1) is 32.9 Å². The fraction of sp³-hybridized carbons (Fsp3) is 0.500. The molecule has 0 amide bonds. The van der Waals surface area contributed by atoms with Crippen LogP contribution in [-0.2, 0) is 0 Å². The number of unbranched alkanes of at least 4 members (excludes halogenated alkanes) is 2. The maximum atomic E-state index is 3.75. The molecule has 0 radical (unpaired) electrons. The highest BCUT2D eigenvalue weighted by Gasteiger charge is 1.94. The van der Waals surface area contributed by atoms with Crippen LogP contribution in [0.4, 0.5) is 0 Å². The van der Waals surface area contributed by atoms with Crippen molar-refractivity contribution >= 4 is 0 Å². The molecular weight excluding hydrogens is 480 g/mol. The minimum absolute atomic E-state index is 1.03. The van der Waals surface area contributed by atoms with Crippen LogP contribution in [0.15, 0.2) is 121 Å². The van der Waals surface area contributed by atoms with E-state index in [0.29, 0.717) is 0 Å². The van der Waals surface area contributed by atoms with E-state index in [4.69, 9.17) is 0 Å². The molecular formula is C40H68. The largest absolute Gasteiger partial charge is 0.106 e. The van der Waals surface area contributed by atoms with Crippen molar-refractivity contribution in [1.82, 2.24) is 0 Å². The third-order valence-corrected chi connectivity index (χ3v) is 5.97. The van der Waals surface area contributed by atoms with E-state index in [1.807, 2.05) is 18.2 Å². The van der Waals surface area contributed by atoms with Gasteiger partial charge in [0.2, 0.25) is 0 Å². The highest BCUT2D eigenvalue weighted by Crippen LogP contribution is 2.14. The van der Waals surface area contributed by atoms with Gasteiger partial charge in [0.05, 0.1) is 0 Å². The number of allylic oxidation sites excluding steroid dienone is 15. The lowest BCUT2D eigenvalue weighted by molar-refractivity contribution is 0.811. The number of hydrogen-bond donors (Lipinski definition) is 0. The van der Waals surface area contributed by atoms with Gasteiger partial charge in [-0.2, -0.15) is 0 Å². The predicted octanol–water partition coefficient (Wildman–Crippen LogP) is 14.3. The summed E-state index contributed by atoms with van der Waals surface area (Å²) in [5, 5.41) is 0. The van der Waals surface area contributed by atoms with Crippen molar-refractivity contribution in [2.75, 3.05) is 0 Å². The molecule has 0 unspecified atom stereocenters. The van der Waals surface area contributed by atoms with Crippen molar-refractivity contribution in [3.05, 3.63) is 121 Å². The van der Waals surface area contributed by atoms with Crippen LogP contribution in [0, 0.1) is 0 Å². The van der Waals surface area contributed by atoms with Crippen LogP contribution in [0.3, 0.4) is 0 Å². The Morgan fingerprint density at radius 2 is 0.725 bits per heavy atom. The van der Waals surface area contributed by atoms with E-state index < -0.39 is 0 Å². The summed E-state index contributed by atoms with van der Waals surface area (Å²) in [5.74, 6) is 0. The Bertz CT molecular complexity index is 743. The van der Waals surface area contributed by atoms with Gasteiger partial charge in [-0.05, 0) is 133 Å². The van der Waals surface area contributed by atoms with E-state index in [1.165, 1.54) is 78.4 Å². The fourth-order valence-corrected chi connectivity index (χ4v) is 3.63. The van der Waals surface area contributed by atoms with Crippen molar-refractivity contribution in [1.29, 1.82) is 0 Å². The lowest BCUT2D eigenvalue weighted by atomic mass is 10.0. The molecule has 0 aromatic carbocycles. The first-order valence-electron chi connectivity index (χ1n) is 15.3. The van der Waals surface area contributed by atoms with Crippen LogP contribution in [-0.4, -0.2) is 0 Å². The topological polar surface area (TPSA) is 0 Å². The molecule has 0 heterocycles. The van der Waals surface area contributed by atoms with Gasteiger partial charge in [-0.1, -0.05) is 88.1 Å². The van der Waals surface area contributed by atoms with E-state index >= 15 is 0 Å². The second kappa shape index (κ2) is 36.4. The molecule has 0 saturated heterocycles. The van der Waals surface area contributed by atoms with Crippen LogP contribution < -0.4 is 0 Å². The average molecular weight is 549 g/mol. The third kappa shape index (κ3) is 39.9. The zero-order chi connectivity index (χ0) is 31.6. The predicted molar refractivity (Wildman–Crippen MR) is 192 cm³/mol. The molecule has 0 aliphatic rings. The van der Waals surface area contributed by atoms with Gasteiger partial charge < -0.3 is 0 Å². The van der Waals surface area contributed by atoms with Gasteiger partial charge in [0.1, 0.15) is 0 Å². The van der Waals surface area contributed by atoms with Crippen LogP contribution >= 0.6 is 0 Å². The van der Waals surface area contributed by atoms with E-state index in [2.05, 4.69) is 132 Å². The van der Waals surface area contributed by atoms with E-state index in [-0.39, 0.29) is 0 Å². The molecule has 40 heavy (non-hydrogen) atoms. The average Bonchev–Trinajstić information content (AvgIpc) is 2.93. The summed E-state index contributed by atoms with van der Waals surface area (Å²) in [6.45, 7) is 36.5. The van der Waals surface area contributed by atoms with Crippen LogP contribution in [0.5, 0.6) is 0 Å². The molecule has 0 spiro atoms. The van der Waals surface area contributed by atoms with Gasteiger partial charge in [0.15, 0.2) is 0 Å².